The van der Waals surface area contributed by atoms with Crippen molar-refractivity contribution in [2.75, 3.05) is 4.90 Å². The number of benzene rings is 8. The standard InChI is InChI=1S/C50H36N2S/c1-33-13-3-4-14-39(33)44-31-37(26-23-34(44)2)51(38-29-30-50-45(32-38)43-18-8-12-22-49(43)53-50)46-19-9-5-15-40(46)35-24-27-36(28-25-35)52-47-20-10-6-16-41(47)42-17-7-11-21-48(42)52/h3-32H,1-2H3. The molecular weight excluding hydrogens is 661 g/mol. The van der Waals surface area contributed by atoms with Crippen LogP contribution in [0.4, 0.5) is 17.1 Å². The van der Waals surface area contributed by atoms with E-state index in [-0.39, 0.29) is 0 Å². The Hall–Kier alpha value is -6.42. The minimum Gasteiger partial charge on any atom is -0.310 e. The fourth-order valence-corrected chi connectivity index (χ4v) is 9.18. The number of aryl methyl sites for hydroxylation is 2. The first kappa shape index (κ1) is 31.3. The molecule has 3 heteroatoms. The molecule has 10 rings (SSSR count). The molecule has 0 aliphatic rings. The van der Waals surface area contributed by atoms with E-state index in [9.17, 15) is 0 Å². The quantitative estimate of drug-likeness (QED) is 0.168. The molecule has 0 saturated heterocycles. The second-order valence-corrected chi connectivity index (χ2v) is 14.9. The van der Waals surface area contributed by atoms with Crippen molar-refractivity contribution in [3.63, 3.8) is 0 Å². The summed E-state index contributed by atoms with van der Waals surface area (Å²) in [5.41, 5.74) is 14.4. The molecule has 0 radical (unpaired) electrons. The Balaban J connectivity index is 1.16. The van der Waals surface area contributed by atoms with Gasteiger partial charge >= 0.3 is 0 Å². The predicted molar refractivity (Wildman–Crippen MR) is 229 cm³/mol. The van der Waals surface area contributed by atoms with Gasteiger partial charge in [0.25, 0.3) is 0 Å². The van der Waals surface area contributed by atoms with Crippen molar-refractivity contribution in [1.82, 2.24) is 4.57 Å². The number of fused-ring (bicyclic) bond motifs is 6. The number of hydrogen-bond donors (Lipinski definition) is 0. The van der Waals surface area contributed by atoms with Gasteiger partial charge in [0.15, 0.2) is 0 Å². The number of nitrogens with zero attached hydrogens (tertiary/aromatic N) is 2. The first-order valence-corrected chi connectivity index (χ1v) is 19.0. The molecule has 8 aromatic carbocycles. The third-order valence-corrected chi connectivity index (χ3v) is 11.8. The van der Waals surface area contributed by atoms with Crippen LogP contribution in [0.15, 0.2) is 182 Å². The fourth-order valence-electron chi connectivity index (χ4n) is 8.10. The van der Waals surface area contributed by atoms with Crippen LogP contribution in [0.5, 0.6) is 0 Å². The molecule has 0 N–H and O–H groups in total. The zero-order valence-corrected chi connectivity index (χ0v) is 30.4. The highest BCUT2D eigenvalue weighted by Gasteiger charge is 2.20. The van der Waals surface area contributed by atoms with Crippen LogP contribution < -0.4 is 4.90 Å². The summed E-state index contributed by atoms with van der Waals surface area (Å²) in [6.45, 7) is 4.42. The zero-order chi connectivity index (χ0) is 35.5. The van der Waals surface area contributed by atoms with Crippen LogP contribution in [0.3, 0.4) is 0 Å². The lowest BCUT2D eigenvalue weighted by Crippen LogP contribution is -2.11. The van der Waals surface area contributed by atoms with Crippen molar-refractivity contribution < 1.29 is 0 Å². The van der Waals surface area contributed by atoms with E-state index in [1.165, 1.54) is 75.4 Å². The van der Waals surface area contributed by atoms with Crippen LogP contribution in [0.2, 0.25) is 0 Å². The summed E-state index contributed by atoms with van der Waals surface area (Å²) < 4.78 is 4.99. The van der Waals surface area contributed by atoms with Crippen molar-refractivity contribution in [3.8, 4) is 27.9 Å². The van der Waals surface area contributed by atoms with Crippen LogP contribution in [0.1, 0.15) is 11.1 Å². The molecule has 2 nitrogen and oxygen atoms in total. The molecule has 2 aromatic heterocycles. The van der Waals surface area contributed by atoms with E-state index < -0.39 is 0 Å². The van der Waals surface area contributed by atoms with Crippen molar-refractivity contribution >= 4 is 70.4 Å². The van der Waals surface area contributed by atoms with Gasteiger partial charge in [0, 0.05) is 53.6 Å². The average molecular weight is 697 g/mol. The monoisotopic (exact) mass is 696 g/mol. The topological polar surface area (TPSA) is 8.17 Å². The first-order chi connectivity index (χ1) is 26.1. The lowest BCUT2D eigenvalue weighted by atomic mass is 9.95. The van der Waals surface area contributed by atoms with Crippen molar-refractivity contribution in [1.29, 1.82) is 0 Å². The highest BCUT2D eigenvalue weighted by molar-refractivity contribution is 7.25. The molecule has 53 heavy (non-hydrogen) atoms. The summed E-state index contributed by atoms with van der Waals surface area (Å²) in [6, 6.07) is 66.6. The zero-order valence-electron chi connectivity index (χ0n) is 29.6. The van der Waals surface area contributed by atoms with Gasteiger partial charge in [-0.1, -0.05) is 115 Å². The Morgan fingerprint density at radius 2 is 0.981 bits per heavy atom. The van der Waals surface area contributed by atoms with Gasteiger partial charge in [-0.25, -0.2) is 0 Å². The number of hydrogen-bond acceptors (Lipinski definition) is 2. The molecule has 0 amide bonds. The minimum atomic E-state index is 1.13. The van der Waals surface area contributed by atoms with Gasteiger partial charge in [-0.05, 0) is 108 Å². The van der Waals surface area contributed by atoms with Crippen LogP contribution >= 0.6 is 11.3 Å². The molecule has 2 heterocycles. The molecule has 0 bridgehead atoms. The molecule has 0 atom stereocenters. The second kappa shape index (κ2) is 12.7. The maximum absolute atomic E-state index is 2.45. The van der Waals surface area contributed by atoms with Gasteiger partial charge in [0.05, 0.1) is 16.7 Å². The van der Waals surface area contributed by atoms with Gasteiger partial charge in [0.1, 0.15) is 0 Å². The fraction of sp³-hybridized carbons (Fsp3) is 0.0400. The predicted octanol–water partition coefficient (Wildman–Crippen LogP) is 14.6. The van der Waals surface area contributed by atoms with Gasteiger partial charge < -0.3 is 9.47 Å². The summed E-state index contributed by atoms with van der Waals surface area (Å²) >= 11 is 1.86. The number of rotatable bonds is 6. The van der Waals surface area contributed by atoms with Crippen LogP contribution in [-0.4, -0.2) is 4.57 Å². The van der Waals surface area contributed by atoms with E-state index >= 15 is 0 Å². The number of anilines is 3. The molecule has 0 saturated carbocycles. The van der Waals surface area contributed by atoms with E-state index in [0.717, 1.165) is 22.7 Å². The Kier molecular flexibility index (Phi) is 7.48. The van der Waals surface area contributed by atoms with Gasteiger partial charge in [-0.2, -0.15) is 0 Å². The summed E-state index contributed by atoms with van der Waals surface area (Å²) in [6.07, 6.45) is 0. The Morgan fingerprint density at radius 1 is 0.415 bits per heavy atom. The van der Waals surface area contributed by atoms with Gasteiger partial charge in [-0.15, -0.1) is 11.3 Å². The van der Waals surface area contributed by atoms with E-state index in [0.29, 0.717) is 0 Å². The average Bonchev–Trinajstić information content (AvgIpc) is 3.75. The summed E-state index contributed by atoms with van der Waals surface area (Å²) in [5, 5.41) is 5.12. The van der Waals surface area contributed by atoms with Crippen LogP contribution in [0.25, 0.3) is 69.9 Å². The summed E-state index contributed by atoms with van der Waals surface area (Å²) in [5.74, 6) is 0. The van der Waals surface area contributed by atoms with E-state index in [2.05, 4.69) is 205 Å². The maximum Gasteiger partial charge on any atom is 0.0541 e. The van der Waals surface area contributed by atoms with Crippen molar-refractivity contribution in [2.45, 2.75) is 13.8 Å². The number of aromatic nitrogens is 1. The summed E-state index contributed by atoms with van der Waals surface area (Å²) in [7, 11) is 0. The number of para-hydroxylation sites is 3. The van der Waals surface area contributed by atoms with E-state index in [1.807, 2.05) is 11.3 Å². The van der Waals surface area contributed by atoms with Crippen molar-refractivity contribution in [2.24, 2.45) is 0 Å². The Morgan fingerprint density at radius 3 is 1.74 bits per heavy atom. The molecule has 0 aliphatic carbocycles. The molecule has 252 valence electrons. The second-order valence-electron chi connectivity index (χ2n) is 13.9. The molecule has 0 aliphatic heterocycles. The lowest BCUT2D eigenvalue weighted by molar-refractivity contribution is 1.18. The van der Waals surface area contributed by atoms with Crippen LogP contribution in [0, 0.1) is 13.8 Å². The van der Waals surface area contributed by atoms with E-state index in [4.69, 9.17) is 0 Å². The molecule has 0 unspecified atom stereocenters. The molecule has 10 aromatic rings. The highest BCUT2D eigenvalue weighted by atomic mass is 32.1. The van der Waals surface area contributed by atoms with E-state index in [1.54, 1.807) is 0 Å². The maximum atomic E-state index is 2.45. The normalized spacial score (nSPS) is 11.6. The third-order valence-electron chi connectivity index (χ3n) is 10.7. The molecule has 0 fully saturated rings. The molecular formula is C50H36N2S. The van der Waals surface area contributed by atoms with Gasteiger partial charge in [0.2, 0.25) is 0 Å². The Bertz CT molecular complexity index is 2930. The number of thiophene rings is 1. The lowest BCUT2D eigenvalue weighted by Gasteiger charge is -2.29. The first-order valence-electron chi connectivity index (χ1n) is 18.2. The summed E-state index contributed by atoms with van der Waals surface area (Å²) in [4.78, 5) is 2.45. The van der Waals surface area contributed by atoms with Crippen molar-refractivity contribution in [3.05, 3.63) is 193 Å². The largest absolute Gasteiger partial charge is 0.310 e. The SMILES string of the molecule is Cc1ccccc1-c1cc(N(c2ccc3sc4ccccc4c3c2)c2ccccc2-c2ccc(-n3c4ccccc4c4ccccc43)cc2)ccc1C. The van der Waals surface area contributed by atoms with Crippen LogP contribution in [-0.2, 0) is 0 Å². The molecule has 0 spiro atoms. The third kappa shape index (κ3) is 5.24. The minimum absolute atomic E-state index is 1.13. The highest BCUT2D eigenvalue weighted by Crippen LogP contribution is 2.45. The smallest absolute Gasteiger partial charge is 0.0541 e. The Labute approximate surface area is 313 Å². The van der Waals surface area contributed by atoms with Gasteiger partial charge in [-0.3, -0.25) is 0 Å².